The van der Waals surface area contributed by atoms with E-state index in [9.17, 15) is 8.78 Å². The molecule has 0 aliphatic heterocycles. The second kappa shape index (κ2) is 6.62. The van der Waals surface area contributed by atoms with Crippen LogP contribution in [0.2, 0.25) is 0 Å². The zero-order chi connectivity index (χ0) is 14.5. The van der Waals surface area contributed by atoms with Gasteiger partial charge >= 0.3 is 0 Å². The van der Waals surface area contributed by atoms with E-state index < -0.39 is 0 Å². The molecule has 0 spiro atoms. The van der Waals surface area contributed by atoms with Crippen LogP contribution in [0, 0.1) is 11.6 Å². The third-order valence-corrected chi connectivity index (χ3v) is 3.39. The van der Waals surface area contributed by atoms with Gasteiger partial charge in [-0.1, -0.05) is 36.4 Å². The number of hydrogen-bond donors (Lipinski definition) is 1. The molecule has 0 aliphatic rings. The van der Waals surface area contributed by atoms with Gasteiger partial charge in [0, 0.05) is 17.6 Å². The van der Waals surface area contributed by atoms with Crippen LogP contribution in [0.1, 0.15) is 31.0 Å². The van der Waals surface area contributed by atoms with E-state index >= 15 is 0 Å². The first kappa shape index (κ1) is 14.7. The molecule has 0 aromatic heterocycles. The summed E-state index contributed by atoms with van der Waals surface area (Å²) < 4.78 is 27.3. The number of halogens is 2. The Labute approximate surface area is 118 Å². The average Bonchev–Trinajstić information content (AvgIpc) is 2.41. The normalized spacial score (nSPS) is 14.0. The molecule has 2 unspecified atom stereocenters. The fourth-order valence-corrected chi connectivity index (χ4v) is 2.40. The van der Waals surface area contributed by atoms with Crippen LogP contribution in [0.4, 0.5) is 8.78 Å². The summed E-state index contributed by atoms with van der Waals surface area (Å²) in [6.45, 7) is 3.89. The van der Waals surface area contributed by atoms with Crippen molar-refractivity contribution < 1.29 is 8.78 Å². The molecule has 2 rings (SSSR count). The van der Waals surface area contributed by atoms with Crippen molar-refractivity contribution in [1.29, 1.82) is 0 Å². The Hall–Kier alpha value is -1.74. The zero-order valence-electron chi connectivity index (χ0n) is 11.7. The third-order valence-electron chi connectivity index (χ3n) is 3.39. The molecule has 0 bridgehead atoms. The highest BCUT2D eigenvalue weighted by Crippen LogP contribution is 2.18. The molecular weight excluding hydrogens is 256 g/mol. The van der Waals surface area contributed by atoms with Gasteiger partial charge in [0.2, 0.25) is 0 Å². The molecule has 0 amide bonds. The lowest BCUT2D eigenvalue weighted by Crippen LogP contribution is -2.31. The molecular formula is C17H19F2N. The van der Waals surface area contributed by atoms with Gasteiger partial charge in [0.25, 0.3) is 0 Å². The molecule has 2 aromatic rings. The number of rotatable bonds is 5. The van der Waals surface area contributed by atoms with Crippen LogP contribution in [-0.4, -0.2) is 6.04 Å². The maximum atomic E-state index is 13.7. The minimum atomic E-state index is -0.217. The molecule has 0 fully saturated rings. The summed E-state index contributed by atoms with van der Waals surface area (Å²) in [4.78, 5) is 0. The van der Waals surface area contributed by atoms with E-state index in [2.05, 4.69) is 5.32 Å². The van der Waals surface area contributed by atoms with Crippen molar-refractivity contribution in [2.24, 2.45) is 0 Å². The molecule has 0 heterocycles. The summed E-state index contributed by atoms with van der Waals surface area (Å²) >= 11 is 0. The first-order chi connectivity index (χ1) is 9.58. The predicted octanol–water partition coefficient (Wildman–Crippen LogP) is 4.25. The van der Waals surface area contributed by atoms with Crippen molar-refractivity contribution in [3.05, 3.63) is 71.3 Å². The van der Waals surface area contributed by atoms with Gasteiger partial charge in [-0.25, -0.2) is 8.78 Å². The zero-order valence-corrected chi connectivity index (χ0v) is 11.7. The van der Waals surface area contributed by atoms with Crippen LogP contribution in [0.15, 0.2) is 48.5 Å². The van der Waals surface area contributed by atoms with E-state index in [1.807, 2.05) is 26.0 Å². The summed E-state index contributed by atoms with van der Waals surface area (Å²) in [6.07, 6.45) is 0.575. The van der Waals surface area contributed by atoms with Crippen molar-refractivity contribution in [3.8, 4) is 0 Å². The maximum absolute atomic E-state index is 13.7. The lowest BCUT2D eigenvalue weighted by Gasteiger charge is -2.21. The van der Waals surface area contributed by atoms with Crippen LogP contribution in [0.3, 0.4) is 0 Å². The van der Waals surface area contributed by atoms with Gasteiger partial charge in [-0.05, 0) is 38.0 Å². The standard InChI is InChI=1S/C17H19F2N/c1-12(11-14-7-3-5-9-16(14)18)20-13(2)15-8-4-6-10-17(15)19/h3-10,12-13,20H,11H2,1-2H3. The first-order valence-corrected chi connectivity index (χ1v) is 6.82. The molecule has 2 atom stereocenters. The fourth-order valence-electron chi connectivity index (χ4n) is 2.40. The van der Waals surface area contributed by atoms with E-state index in [1.165, 1.54) is 12.1 Å². The molecule has 3 heteroatoms. The summed E-state index contributed by atoms with van der Waals surface area (Å²) in [5.41, 5.74) is 1.31. The number of nitrogens with one attached hydrogen (secondary N) is 1. The van der Waals surface area contributed by atoms with Crippen molar-refractivity contribution in [1.82, 2.24) is 5.32 Å². The van der Waals surface area contributed by atoms with Gasteiger partial charge in [0.15, 0.2) is 0 Å². The molecule has 1 nitrogen and oxygen atoms in total. The second-order valence-corrected chi connectivity index (χ2v) is 5.11. The molecule has 2 aromatic carbocycles. The predicted molar refractivity (Wildman–Crippen MR) is 77.5 cm³/mol. The third kappa shape index (κ3) is 3.64. The maximum Gasteiger partial charge on any atom is 0.127 e. The van der Waals surface area contributed by atoms with Crippen LogP contribution in [-0.2, 0) is 6.42 Å². The highest BCUT2D eigenvalue weighted by atomic mass is 19.1. The van der Waals surface area contributed by atoms with E-state index in [0.29, 0.717) is 17.5 Å². The number of hydrogen-bond acceptors (Lipinski definition) is 1. The van der Waals surface area contributed by atoms with Crippen LogP contribution >= 0.6 is 0 Å². The Balaban J connectivity index is 2.00. The largest absolute Gasteiger partial charge is 0.307 e. The minimum absolute atomic E-state index is 0.0570. The molecule has 0 radical (unpaired) electrons. The van der Waals surface area contributed by atoms with Gasteiger partial charge in [0.1, 0.15) is 11.6 Å². The summed E-state index contributed by atoms with van der Waals surface area (Å²) in [5.74, 6) is -0.412. The first-order valence-electron chi connectivity index (χ1n) is 6.82. The Kier molecular flexibility index (Phi) is 4.85. The van der Waals surface area contributed by atoms with Gasteiger partial charge in [-0.3, -0.25) is 0 Å². The molecule has 106 valence electrons. The topological polar surface area (TPSA) is 12.0 Å². The molecule has 0 saturated heterocycles. The van der Waals surface area contributed by atoms with E-state index in [-0.39, 0.29) is 23.7 Å². The van der Waals surface area contributed by atoms with Gasteiger partial charge in [-0.2, -0.15) is 0 Å². The minimum Gasteiger partial charge on any atom is -0.307 e. The summed E-state index contributed by atoms with van der Waals surface area (Å²) in [6, 6.07) is 13.4. The molecule has 1 N–H and O–H groups in total. The van der Waals surface area contributed by atoms with Crippen LogP contribution in [0.5, 0.6) is 0 Å². The quantitative estimate of drug-likeness (QED) is 0.860. The Morgan fingerprint density at radius 3 is 2.15 bits per heavy atom. The van der Waals surface area contributed by atoms with Gasteiger partial charge in [0.05, 0.1) is 0 Å². The second-order valence-electron chi connectivity index (χ2n) is 5.11. The summed E-state index contributed by atoms with van der Waals surface area (Å²) in [5, 5.41) is 3.31. The van der Waals surface area contributed by atoms with Crippen LogP contribution in [0.25, 0.3) is 0 Å². The number of benzene rings is 2. The molecule has 0 saturated carbocycles. The van der Waals surface area contributed by atoms with Gasteiger partial charge in [-0.15, -0.1) is 0 Å². The molecule has 20 heavy (non-hydrogen) atoms. The fraction of sp³-hybridized carbons (Fsp3) is 0.294. The van der Waals surface area contributed by atoms with Crippen molar-refractivity contribution >= 4 is 0 Å². The highest BCUT2D eigenvalue weighted by Gasteiger charge is 2.14. The SMILES string of the molecule is CC(Cc1ccccc1F)NC(C)c1ccccc1F. The van der Waals surface area contributed by atoms with E-state index in [1.54, 1.807) is 24.3 Å². The highest BCUT2D eigenvalue weighted by molar-refractivity contribution is 5.21. The lowest BCUT2D eigenvalue weighted by atomic mass is 10.0. The van der Waals surface area contributed by atoms with Crippen LogP contribution < -0.4 is 5.32 Å². The van der Waals surface area contributed by atoms with Crippen molar-refractivity contribution in [2.45, 2.75) is 32.4 Å². The summed E-state index contributed by atoms with van der Waals surface area (Å²) in [7, 11) is 0. The smallest absolute Gasteiger partial charge is 0.127 e. The lowest BCUT2D eigenvalue weighted by molar-refractivity contribution is 0.454. The van der Waals surface area contributed by atoms with Crippen molar-refractivity contribution in [2.75, 3.05) is 0 Å². The Morgan fingerprint density at radius 1 is 0.900 bits per heavy atom. The van der Waals surface area contributed by atoms with Crippen molar-refractivity contribution in [3.63, 3.8) is 0 Å². The Morgan fingerprint density at radius 2 is 1.50 bits per heavy atom. The van der Waals surface area contributed by atoms with Gasteiger partial charge < -0.3 is 5.32 Å². The van der Waals surface area contributed by atoms with E-state index in [0.717, 1.165) is 0 Å². The monoisotopic (exact) mass is 275 g/mol. The average molecular weight is 275 g/mol. The Bertz CT molecular complexity index is 568. The van der Waals surface area contributed by atoms with E-state index in [4.69, 9.17) is 0 Å². The molecule has 0 aliphatic carbocycles.